The second kappa shape index (κ2) is 8.80. The summed E-state index contributed by atoms with van der Waals surface area (Å²) in [6.45, 7) is 1.02. The number of nitrogens with one attached hydrogen (secondary N) is 1. The highest BCUT2D eigenvalue weighted by Gasteiger charge is 2.07. The first kappa shape index (κ1) is 18.4. The quantitative estimate of drug-likeness (QED) is 0.485. The Bertz CT molecular complexity index is 812. The first-order valence-electron chi connectivity index (χ1n) is 7.45. The SMILES string of the molecule is CC(=O)c1cccc(NC(=O)COC(=O)/C=C/c2ccc(Cl)cc2)c1. The van der Waals surface area contributed by atoms with E-state index in [-0.39, 0.29) is 5.78 Å². The molecule has 0 spiro atoms. The minimum absolute atomic E-state index is 0.102. The van der Waals surface area contributed by atoms with Crippen molar-refractivity contribution in [2.45, 2.75) is 6.92 Å². The van der Waals surface area contributed by atoms with Crippen LogP contribution in [0.2, 0.25) is 5.02 Å². The largest absolute Gasteiger partial charge is 0.452 e. The van der Waals surface area contributed by atoms with Crippen LogP contribution in [0.3, 0.4) is 0 Å². The van der Waals surface area contributed by atoms with E-state index in [1.165, 1.54) is 13.0 Å². The highest BCUT2D eigenvalue weighted by molar-refractivity contribution is 6.30. The molecule has 0 bridgehead atoms. The number of carbonyl (C=O) groups excluding carboxylic acids is 3. The van der Waals surface area contributed by atoms with Gasteiger partial charge < -0.3 is 10.1 Å². The molecule has 1 N–H and O–H groups in total. The zero-order chi connectivity index (χ0) is 18.2. The second-order valence-corrected chi connectivity index (χ2v) is 5.61. The molecule has 2 rings (SSSR count). The third kappa shape index (κ3) is 6.24. The summed E-state index contributed by atoms with van der Waals surface area (Å²) in [5.74, 6) is -1.23. The zero-order valence-electron chi connectivity index (χ0n) is 13.5. The number of Topliss-reactive ketones (excluding diaryl/α,β-unsaturated/α-hetero) is 1. The Morgan fingerprint density at radius 1 is 1.12 bits per heavy atom. The summed E-state index contributed by atoms with van der Waals surface area (Å²) in [5.41, 5.74) is 1.73. The molecule has 0 fully saturated rings. The van der Waals surface area contributed by atoms with Gasteiger partial charge in [-0.25, -0.2) is 4.79 Å². The van der Waals surface area contributed by atoms with Crippen LogP contribution in [0.15, 0.2) is 54.6 Å². The van der Waals surface area contributed by atoms with Gasteiger partial charge in [0.2, 0.25) is 0 Å². The van der Waals surface area contributed by atoms with Crippen molar-refractivity contribution in [3.8, 4) is 0 Å². The lowest BCUT2D eigenvalue weighted by Crippen LogP contribution is -2.20. The van der Waals surface area contributed by atoms with E-state index in [4.69, 9.17) is 16.3 Å². The van der Waals surface area contributed by atoms with Gasteiger partial charge in [-0.1, -0.05) is 35.9 Å². The number of halogens is 1. The van der Waals surface area contributed by atoms with Gasteiger partial charge in [-0.2, -0.15) is 0 Å². The molecular formula is C19H16ClNO4. The molecule has 0 saturated heterocycles. The van der Waals surface area contributed by atoms with Gasteiger partial charge in [0.25, 0.3) is 5.91 Å². The maximum absolute atomic E-state index is 11.8. The number of benzene rings is 2. The first-order chi connectivity index (χ1) is 11.9. The predicted molar refractivity (Wildman–Crippen MR) is 96.5 cm³/mol. The van der Waals surface area contributed by atoms with Crippen LogP contribution in [-0.4, -0.2) is 24.3 Å². The van der Waals surface area contributed by atoms with Gasteiger partial charge in [-0.15, -0.1) is 0 Å². The van der Waals surface area contributed by atoms with Crippen molar-refractivity contribution >= 4 is 41.0 Å². The number of ether oxygens (including phenoxy) is 1. The molecule has 0 radical (unpaired) electrons. The van der Waals surface area contributed by atoms with Crippen molar-refractivity contribution in [2.24, 2.45) is 0 Å². The number of esters is 1. The molecule has 0 aliphatic rings. The topological polar surface area (TPSA) is 72.5 Å². The molecule has 0 heterocycles. The molecular weight excluding hydrogens is 342 g/mol. The Labute approximate surface area is 150 Å². The van der Waals surface area contributed by atoms with Gasteiger partial charge in [0, 0.05) is 22.3 Å². The summed E-state index contributed by atoms with van der Waals surface area (Å²) in [4.78, 5) is 34.7. The zero-order valence-corrected chi connectivity index (χ0v) is 14.2. The molecule has 0 aliphatic heterocycles. The Kier molecular flexibility index (Phi) is 6.48. The second-order valence-electron chi connectivity index (χ2n) is 5.18. The van der Waals surface area contributed by atoms with Crippen LogP contribution < -0.4 is 5.32 Å². The average molecular weight is 358 g/mol. The Morgan fingerprint density at radius 2 is 1.84 bits per heavy atom. The fourth-order valence-electron chi connectivity index (χ4n) is 1.94. The molecule has 128 valence electrons. The van der Waals surface area contributed by atoms with E-state index in [1.54, 1.807) is 54.6 Å². The van der Waals surface area contributed by atoms with Crippen molar-refractivity contribution in [1.29, 1.82) is 0 Å². The molecule has 25 heavy (non-hydrogen) atoms. The molecule has 6 heteroatoms. The number of ketones is 1. The van der Waals surface area contributed by atoms with E-state index < -0.39 is 18.5 Å². The molecule has 0 unspecified atom stereocenters. The van der Waals surface area contributed by atoms with E-state index in [2.05, 4.69) is 5.32 Å². The molecule has 1 amide bonds. The lowest BCUT2D eigenvalue weighted by atomic mass is 10.1. The predicted octanol–water partition coefficient (Wildman–Crippen LogP) is 3.74. The van der Waals surface area contributed by atoms with Crippen LogP contribution in [0.25, 0.3) is 6.08 Å². The number of hydrogen-bond acceptors (Lipinski definition) is 4. The minimum Gasteiger partial charge on any atom is -0.452 e. The lowest BCUT2D eigenvalue weighted by molar-refractivity contribution is -0.142. The number of amides is 1. The van der Waals surface area contributed by atoms with E-state index in [0.717, 1.165) is 5.56 Å². The molecule has 0 atom stereocenters. The highest BCUT2D eigenvalue weighted by Crippen LogP contribution is 2.12. The van der Waals surface area contributed by atoms with Crippen molar-refractivity contribution < 1.29 is 19.1 Å². The smallest absolute Gasteiger partial charge is 0.331 e. The van der Waals surface area contributed by atoms with Gasteiger partial charge in [-0.3, -0.25) is 9.59 Å². The molecule has 5 nitrogen and oxygen atoms in total. The summed E-state index contributed by atoms with van der Waals surface area (Å²) < 4.78 is 4.87. The monoisotopic (exact) mass is 357 g/mol. The summed E-state index contributed by atoms with van der Waals surface area (Å²) >= 11 is 5.77. The van der Waals surface area contributed by atoms with Gasteiger partial charge in [0.05, 0.1) is 0 Å². The van der Waals surface area contributed by atoms with Gasteiger partial charge in [0.1, 0.15) is 0 Å². The van der Waals surface area contributed by atoms with E-state index in [0.29, 0.717) is 16.3 Å². The maximum Gasteiger partial charge on any atom is 0.331 e. The highest BCUT2D eigenvalue weighted by atomic mass is 35.5. The molecule has 0 aliphatic carbocycles. The average Bonchev–Trinajstić information content (AvgIpc) is 2.59. The number of anilines is 1. The number of hydrogen-bond donors (Lipinski definition) is 1. The normalized spacial score (nSPS) is 10.5. The number of carbonyl (C=O) groups is 3. The standard InChI is InChI=1S/C19H16ClNO4/c1-13(22)15-3-2-4-17(11-15)21-18(23)12-25-19(24)10-7-14-5-8-16(20)9-6-14/h2-11H,12H2,1H3,(H,21,23)/b10-7+. The van der Waals surface area contributed by atoms with Gasteiger partial charge >= 0.3 is 5.97 Å². The van der Waals surface area contributed by atoms with Crippen molar-refractivity contribution in [3.63, 3.8) is 0 Å². The van der Waals surface area contributed by atoms with Crippen LogP contribution in [0.1, 0.15) is 22.8 Å². The fraction of sp³-hybridized carbons (Fsp3) is 0.105. The van der Waals surface area contributed by atoms with Crippen LogP contribution in [0, 0.1) is 0 Å². The summed E-state index contributed by atoms with van der Waals surface area (Å²) in [7, 11) is 0. The van der Waals surface area contributed by atoms with E-state index >= 15 is 0 Å². The fourth-order valence-corrected chi connectivity index (χ4v) is 2.06. The van der Waals surface area contributed by atoms with Crippen LogP contribution in [0.4, 0.5) is 5.69 Å². The van der Waals surface area contributed by atoms with E-state index in [1.807, 2.05) is 0 Å². The van der Waals surface area contributed by atoms with Crippen LogP contribution >= 0.6 is 11.6 Å². The van der Waals surface area contributed by atoms with E-state index in [9.17, 15) is 14.4 Å². The molecule has 0 saturated carbocycles. The van der Waals surface area contributed by atoms with Gasteiger partial charge in [0.15, 0.2) is 12.4 Å². The van der Waals surface area contributed by atoms with Crippen LogP contribution in [-0.2, 0) is 14.3 Å². The molecule has 0 aromatic heterocycles. The maximum atomic E-state index is 11.8. The Morgan fingerprint density at radius 3 is 2.52 bits per heavy atom. The third-order valence-corrected chi connectivity index (χ3v) is 3.43. The third-order valence-electron chi connectivity index (χ3n) is 3.18. The minimum atomic E-state index is -0.636. The molecule has 2 aromatic rings. The molecule has 2 aromatic carbocycles. The Balaban J connectivity index is 1.83. The van der Waals surface area contributed by atoms with Crippen molar-refractivity contribution in [3.05, 3.63) is 70.8 Å². The van der Waals surface area contributed by atoms with Crippen molar-refractivity contribution in [1.82, 2.24) is 0 Å². The van der Waals surface area contributed by atoms with Crippen molar-refractivity contribution in [2.75, 3.05) is 11.9 Å². The van der Waals surface area contributed by atoms with Crippen LogP contribution in [0.5, 0.6) is 0 Å². The summed E-state index contributed by atoms with van der Waals surface area (Å²) in [6, 6.07) is 13.4. The summed E-state index contributed by atoms with van der Waals surface area (Å²) in [6.07, 6.45) is 2.79. The first-order valence-corrected chi connectivity index (χ1v) is 7.83. The Hall–Kier alpha value is -2.92. The number of rotatable bonds is 6. The summed E-state index contributed by atoms with van der Waals surface area (Å²) in [5, 5.41) is 3.17. The van der Waals surface area contributed by atoms with Gasteiger partial charge in [-0.05, 0) is 42.8 Å². The lowest BCUT2D eigenvalue weighted by Gasteiger charge is -2.06.